The van der Waals surface area contributed by atoms with Gasteiger partial charge in [-0.2, -0.15) is 0 Å². The lowest BCUT2D eigenvalue weighted by molar-refractivity contribution is 0.475. The SMILES string of the molecule is CCCCCCCCCCc1ccc(C(=S)C=Cc2cccc(O)c2)cc1. The zero-order valence-corrected chi connectivity index (χ0v) is 17.3. The molecule has 0 aliphatic carbocycles. The zero-order valence-electron chi connectivity index (χ0n) is 16.5. The van der Waals surface area contributed by atoms with Crippen LogP contribution in [0.2, 0.25) is 0 Å². The summed E-state index contributed by atoms with van der Waals surface area (Å²) in [5.74, 6) is 0.272. The van der Waals surface area contributed by atoms with E-state index in [4.69, 9.17) is 12.2 Å². The lowest BCUT2D eigenvalue weighted by atomic mass is 10.0. The topological polar surface area (TPSA) is 20.2 Å². The Morgan fingerprint density at radius 3 is 2.22 bits per heavy atom. The third-order valence-electron chi connectivity index (χ3n) is 4.85. The summed E-state index contributed by atoms with van der Waals surface area (Å²) in [6.07, 6.45) is 15.9. The molecule has 2 heteroatoms. The molecule has 144 valence electrons. The molecule has 1 N–H and O–H groups in total. The van der Waals surface area contributed by atoms with E-state index in [1.807, 2.05) is 24.3 Å². The highest BCUT2D eigenvalue weighted by Gasteiger charge is 2.00. The van der Waals surface area contributed by atoms with Crippen LogP contribution in [-0.4, -0.2) is 9.97 Å². The highest BCUT2D eigenvalue weighted by atomic mass is 32.1. The van der Waals surface area contributed by atoms with Gasteiger partial charge in [-0.15, -0.1) is 0 Å². The molecule has 0 atom stereocenters. The van der Waals surface area contributed by atoms with Gasteiger partial charge in [0.25, 0.3) is 0 Å². The van der Waals surface area contributed by atoms with Crippen molar-refractivity contribution >= 4 is 23.2 Å². The number of hydrogen-bond donors (Lipinski definition) is 1. The number of aromatic hydroxyl groups is 1. The predicted molar refractivity (Wildman–Crippen MR) is 122 cm³/mol. The minimum absolute atomic E-state index is 0.272. The standard InChI is InChI=1S/C25H32OS/c1-2-3-4-5-6-7-8-9-11-21-14-17-23(18-15-21)25(27)19-16-22-12-10-13-24(26)20-22/h10,12-20,26H,2-9,11H2,1H3. The van der Waals surface area contributed by atoms with Gasteiger partial charge in [0.15, 0.2) is 0 Å². The van der Waals surface area contributed by atoms with Crippen LogP contribution in [-0.2, 0) is 6.42 Å². The summed E-state index contributed by atoms with van der Waals surface area (Å²) in [5, 5.41) is 9.51. The Bertz CT molecular complexity index is 715. The first kappa shape index (κ1) is 21.4. The van der Waals surface area contributed by atoms with Crippen LogP contribution in [0.3, 0.4) is 0 Å². The zero-order chi connectivity index (χ0) is 19.3. The van der Waals surface area contributed by atoms with Crippen molar-refractivity contribution in [1.29, 1.82) is 0 Å². The molecule has 2 rings (SSSR count). The number of phenolic OH excluding ortho intramolecular Hbond substituents is 1. The molecule has 0 radical (unpaired) electrons. The van der Waals surface area contributed by atoms with Crippen molar-refractivity contribution in [3.05, 3.63) is 71.3 Å². The first-order valence-electron chi connectivity index (χ1n) is 10.3. The van der Waals surface area contributed by atoms with E-state index >= 15 is 0 Å². The smallest absolute Gasteiger partial charge is 0.116 e. The number of unbranched alkanes of at least 4 members (excludes halogenated alkanes) is 7. The van der Waals surface area contributed by atoms with Gasteiger partial charge < -0.3 is 5.11 Å². The Kier molecular flexibility index (Phi) is 9.86. The number of thiocarbonyl (C=S) groups is 1. The molecular formula is C25H32OS. The number of hydrogen-bond acceptors (Lipinski definition) is 2. The number of rotatable bonds is 12. The molecule has 1 nitrogen and oxygen atoms in total. The third-order valence-corrected chi connectivity index (χ3v) is 5.23. The molecule has 0 aliphatic heterocycles. The van der Waals surface area contributed by atoms with E-state index in [1.54, 1.807) is 12.1 Å². The summed E-state index contributed by atoms with van der Waals surface area (Å²) in [6.45, 7) is 2.27. The monoisotopic (exact) mass is 380 g/mol. The van der Waals surface area contributed by atoms with Gasteiger partial charge in [-0.3, -0.25) is 0 Å². The quantitative estimate of drug-likeness (QED) is 0.178. The van der Waals surface area contributed by atoms with E-state index in [1.165, 1.54) is 56.9 Å². The molecule has 0 heterocycles. The second-order valence-corrected chi connectivity index (χ2v) is 7.65. The fourth-order valence-corrected chi connectivity index (χ4v) is 3.40. The molecule has 0 bridgehead atoms. The summed E-state index contributed by atoms with van der Waals surface area (Å²) in [4.78, 5) is 0.817. The minimum atomic E-state index is 0.272. The van der Waals surface area contributed by atoms with Gasteiger partial charge >= 0.3 is 0 Å². The molecular weight excluding hydrogens is 348 g/mol. The normalized spacial score (nSPS) is 11.1. The van der Waals surface area contributed by atoms with Crippen LogP contribution in [0.4, 0.5) is 0 Å². The largest absolute Gasteiger partial charge is 0.508 e. The van der Waals surface area contributed by atoms with Gasteiger partial charge in [0, 0.05) is 4.86 Å². The Labute approximate surface area is 170 Å². The highest BCUT2D eigenvalue weighted by Crippen LogP contribution is 2.15. The van der Waals surface area contributed by atoms with Crippen LogP contribution in [0.15, 0.2) is 54.6 Å². The molecule has 0 unspecified atom stereocenters. The van der Waals surface area contributed by atoms with Crippen LogP contribution in [0.1, 0.15) is 75.0 Å². The fraction of sp³-hybridized carbons (Fsp3) is 0.400. The number of benzene rings is 2. The Morgan fingerprint density at radius 1 is 0.889 bits per heavy atom. The van der Waals surface area contributed by atoms with Crippen LogP contribution in [0.5, 0.6) is 5.75 Å². The van der Waals surface area contributed by atoms with E-state index in [0.29, 0.717) is 0 Å². The van der Waals surface area contributed by atoms with Gasteiger partial charge in [0.1, 0.15) is 5.75 Å². The Balaban J connectivity index is 1.72. The molecule has 0 fully saturated rings. The molecule has 0 saturated carbocycles. The minimum Gasteiger partial charge on any atom is -0.508 e. The fourth-order valence-electron chi connectivity index (χ4n) is 3.20. The maximum absolute atomic E-state index is 9.51. The summed E-state index contributed by atoms with van der Waals surface area (Å²) in [5.41, 5.74) is 3.41. The molecule has 0 spiro atoms. The molecule has 0 aliphatic rings. The van der Waals surface area contributed by atoms with Gasteiger partial charge in [0.05, 0.1) is 0 Å². The molecule has 0 amide bonds. The van der Waals surface area contributed by atoms with Crippen molar-refractivity contribution in [2.45, 2.75) is 64.7 Å². The molecule has 2 aromatic carbocycles. The van der Waals surface area contributed by atoms with E-state index in [0.717, 1.165) is 22.4 Å². The summed E-state index contributed by atoms with van der Waals surface area (Å²) in [6, 6.07) is 15.8. The Morgan fingerprint density at radius 2 is 1.56 bits per heavy atom. The summed E-state index contributed by atoms with van der Waals surface area (Å²) >= 11 is 5.51. The van der Waals surface area contributed by atoms with Crippen LogP contribution < -0.4 is 0 Å². The molecule has 27 heavy (non-hydrogen) atoms. The van der Waals surface area contributed by atoms with Crippen molar-refractivity contribution < 1.29 is 5.11 Å². The second-order valence-electron chi connectivity index (χ2n) is 7.21. The predicted octanol–water partition coefficient (Wildman–Crippen LogP) is 7.51. The molecule has 0 aromatic heterocycles. The lowest BCUT2D eigenvalue weighted by Crippen LogP contribution is -1.94. The van der Waals surface area contributed by atoms with Crippen LogP contribution in [0, 0.1) is 0 Å². The summed E-state index contributed by atoms with van der Waals surface area (Å²) < 4.78 is 0. The van der Waals surface area contributed by atoms with Gasteiger partial charge in [-0.25, -0.2) is 0 Å². The first-order valence-corrected chi connectivity index (χ1v) is 10.7. The van der Waals surface area contributed by atoms with Crippen molar-refractivity contribution in [2.75, 3.05) is 0 Å². The van der Waals surface area contributed by atoms with E-state index in [2.05, 4.69) is 31.2 Å². The maximum Gasteiger partial charge on any atom is 0.116 e. The van der Waals surface area contributed by atoms with Gasteiger partial charge in [-0.05, 0) is 47.7 Å². The number of aryl methyl sites for hydroxylation is 1. The van der Waals surface area contributed by atoms with Crippen LogP contribution >= 0.6 is 12.2 Å². The second kappa shape index (κ2) is 12.5. The third kappa shape index (κ3) is 8.53. The van der Waals surface area contributed by atoms with Crippen molar-refractivity contribution in [1.82, 2.24) is 0 Å². The van der Waals surface area contributed by atoms with E-state index in [-0.39, 0.29) is 5.75 Å². The van der Waals surface area contributed by atoms with Crippen LogP contribution in [0.25, 0.3) is 6.08 Å². The maximum atomic E-state index is 9.51. The average Bonchev–Trinajstić information content (AvgIpc) is 2.69. The van der Waals surface area contributed by atoms with E-state index in [9.17, 15) is 5.11 Å². The van der Waals surface area contributed by atoms with E-state index < -0.39 is 0 Å². The van der Waals surface area contributed by atoms with Crippen molar-refractivity contribution in [3.63, 3.8) is 0 Å². The first-order chi connectivity index (χ1) is 13.2. The highest BCUT2D eigenvalue weighted by molar-refractivity contribution is 7.81. The van der Waals surface area contributed by atoms with Crippen molar-refractivity contribution in [3.8, 4) is 5.75 Å². The lowest BCUT2D eigenvalue weighted by Gasteiger charge is -2.04. The van der Waals surface area contributed by atoms with Gasteiger partial charge in [0.2, 0.25) is 0 Å². The number of allylic oxidation sites excluding steroid dienone is 1. The Hall–Kier alpha value is -1.93. The summed E-state index contributed by atoms with van der Waals surface area (Å²) in [7, 11) is 0. The molecule has 2 aromatic rings. The molecule has 0 saturated heterocycles. The number of phenols is 1. The van der Waals surface area contributed by atoms with Crippen molar-refractivity contribution in [2.24, 2.45) is 0 Å². The average molecular weight is 381 g/mol. The van der Waals surface area contributed by atoms with Gasteiger partial charge in [-0.1, -0.05) is 107 Å².